The summed E-state index contributed by atoms with van der Waals surface area (Å²) in [5.41, 5.74) is 2.56. The first kappa shape index (κ1) is 17.5. The summed E-state index contributed by atoms with van der Waals surface area (Å²) in [6.45, 7) is 3.74. The number of rotatable bonds is 6. The number of halogens is 1. The zero-order chi connectivity index (χ0) is 18.0. The molecule has 132 valence electrons. The molecular formula is C18H20ClN3O3. The van der Waals surface area contributed by atoms with Crippen molar-refractivity contribution in [2.75, 3.05) is 6.61 Å². The Morgan fingerprint density at radius 1 is 1.32 bits per heavy atom. The molecule has 0 spiro atoms. The fraction of sp³-hybridized carbons (Fsp3) is 0.389. The van der Waals surface area contributed by atoms with Crippen LogP contribution in [0.4, 0.5) is 0 Å². The number of amides is 1. The minimum absolute atomic E-state index is 0.244. The van der Waals surface area contributed by atoms with E-state index in [1.165, 1.54) is 0 Å². The maximum atomic E-state index is 12.3. The van der Waals surface area contributed by atoms with Crippen molar-refractivity contribution in [1.29, 1.82) is 0 Å². The van der Waals surface area contributed by atoms with Crippen LogP contribution < -0.4 is 5.32 Å². The van der Waals surface area contributed by atoms with E-state index < -0.39 is 5.97 Å². The van der Waals surface area contributed by atoms with Crippen LogP contribution in [0.2, 0.25) is 5.02 Å². The monoisotopic (exact) mass is 361 g/mol. The van der Waals surface area contributed by atoms with Crippen molar-refractivity contribution in [3.8, 4) is 0 Å². The van der Waals surface area contributed by atoms with Gasteiger partial charge in [0.25, 0.3) is 5.91 Å². The van der Waals surface area contributed by atoms with Crippen molar-refractivity contribution in [3.63, 3.8) is 0 Å². The van der Waals surface area contributed by atoms with Gasteiger partial charge in [0, 0.05) is 11.1 Å². The van der Waals surface area contributed by atoms with Crippen molar-refractivity contribution in [1.82, 2.24) is 15.1 Å². The average molecular weight is 362 g/mol. The van der Waals surface area contributed by atoms with Gasteiger partial charge in [-0.1, -0.05) is 29.8 Å². The third-order valence-electron chi connectivity index (χ3n) is 4.14. The SMILES string of the molecule is Cc1nn(Cc2ccccc2Cl)c(C)c1C(=O)OCC(=O)NC1CC1. The molecule has 6 nitrogen and oxygen atoms in total. The van der Waals surface area contributed by atoms with E-state index in [9.17, 15) is 9.59 Å². The second-order valence-electron chi connectivity index (χ2n) is 6.21. The van der Waals surface area contributed by atoms with Crippen LogP contribution in [0.5, 0.6) is 0 Å². The topological polar surface area (TPSA) is 73.2 Å². The Labute approximate surface area is 151 Å². The number of carbonyl (C=O) groups excluding carboxylic acids is 2. The zero-order valence-corrected chi connectivity index (χ0v) is 15.0. The Kier molecular flexibility index (Phi) is 5.08. The molecule has 1 heterocycles. The van der Waals surface area contributed by atoms with E-state index in [-0.39, 0.29) is 18.6 Å². The van der Waals surface area contributed by atoms with E-state index in [0.29, 0.717) is 28.5 Å². The Bertz CT molecular complexity index is 812. The first-order valence-corrected chi connectivity index (χ1v) is 8.57. The van der Waals surface area contributed by atoms with Crippen molar-refractivity contribution in [2.24, 2.45) is 0 Å². The van der Waals surface area contributed by atoms with Crippen molar-refractivity contribution in [2.45, 2.75) is 39.3 Å². The molecule has 2 aromatic rings. The van der Waals surface area contributed by atoms with Crippen molar-refractivity contribution >= 4 is 23.5 Å². The van der Waals surface area contributed by atoms with Gasteiger partial charge in [0.05, 0.1) is 17.9 Å². The first-order chi connectivity index (χ1) is 12.0. The Morgan fingerprint density at radius 2 is 2.04 bits per heavy atom. The molecule has 0 unspecified atom stereocenters. The van der Waals surface area contributed by atoms with Crippen molar-refractivity contribution < 1.29 is 14.3 Å². The van der Waals surface area contributed by atoms with Gasteiger partial charge in [0.15, 0.2) is 6.61 Å². The highest BCUT2D eigenvalue weighted by Gasteiger charge is 2.25. The molecule has 0 aliphatic heterocycles. The number of carbonyl (C=O) groups is 2. The minimum Gasteiger partial charge on any atom is -0.452 e. The highest BCUT2D eigenvalue weighted by Crippen LogP contribution is 2.20. The number of ether oxygens (including phenoxy) is 1. The largest absolute Gasteiger partial charge is 0.452 e. The lowest BCUT2D eigenvalue weighted by molar-refractivity contribution is -0.124. The number of aryl methyl sites for hydroxylation is 1. The van der Waals surface area contributed by atoms with Crippen LogP contribution in [-0.2, 0) is 16.1 Å². The van der Waals surface area contributed by atoms with E-state index in [0.717, 1.165) is 18.4 Å². The summed E-state index contributed by atoms with van der Waals surface area (Å²) in [4.78, 5) is 24.0. The molecular weight excluding hydrogens is 342 g/mol. The molecule has 3 rings (SSSR count). The molecule has 1 aliphatic rings. The van der Waals surface area contributed by atoms with E-state index in [4.69, 9.17) is 16.3 Å². The molecule has 0 bridgehead atoms. The molecule has 1 N–H and O–H groups in total. The quantitative estimate of drug-likeness (QED) is 0.803. The Morgan fingerprint density at radius 3 is 2.72 bits per heavy atom. The third kappa shape index (κ3) is 4.20. The highest BCUT2D eigenvalue weighted by molar-refractivity contribution is 6.31. The summed E-state index contributed by atoms with van der Waals surface area (Å²) in [6, 6.07) is 7.74. The standard InChI is InChI=1S/C18H20ClN3O3/c1-11-17(18(24)25-10-16(23)20-14-7-8-14)12(2)22(21-11)9-13-5-3-4-6-15(13)19/h3-6,14H,7-10H2,1-2H3,(H,20,23). The van der Waals surface area contributed by atoms with Crippen molar-refractivity contribution in [3.05, 3.63) is 51.8 Å². The summed E-state index contributed by atoms with van der Waals surface area (Å²) in [7, 11) is 0. The van der Waals surface area contributed by atoms with Gasteiger partial charge in [-0.3, -0.25) is 9.48 Å². The summed E-state index contributed by atoms with van der Waals surface area (Å²) >= 11 is 6.19. The second-order valence-corrected chi connectivity index (χ2v) is 6.62. The summed E-state index contributed by atoms with van der Waals surface area (Å²) < 4.78 is 6.86. The van der Waals surface area contributed by atoms with Crippen LogP contribution in [0.25, 0.3) is 0 Å². The van der Waals surface area contributed by atoms with E-state index in [1.54, 1.807) is 18.5 Å². The van der Waals surface area contributed by atoms with Gasteiger partial charge in [0.1, 0.15) is 5.56 Å². The van der Waals surface area contributed by atoms with Gasteiger partial charge >= 0.3 is 5.97 Å². The van der Waals surface area contributed by atoms with Gasteiger partial charge in [-0.25, -0.2) is 4.79 Å². The van der Waals surface area contributed by atoms with Gasteiger partial charge in [0.2, 0.25) is 0 Å². The van der Waals surface area contributed by atoms with Crippen LogP contribution in [0, 0.1) is 13.8 Å². The maximum absolute atomic E-state index is 12.3. The number of nitrogens with one attached hydrogen (secondary N) is 1. The molecule has 1 aromatic heterocycles. The van der Waals surface area contributed by atoms with Gasteiger partial charge < -0.3 is 10.1 Å². The number of aromatic nitrogens is 2. The molecule has 25 heavy (non-hydrogen) atoms. The lowest BCUT2D eigenvalue weighted by atomic mass is 10.2. The molecule has 1 aliphatic carbocycles. The zero-order valence-electron chi connectivity index (χ0n) is 14.2. The van der Waals surface area contributed by atoms with Gasteiger partial charge in [-0.2, -0.15) is 5.10 Å². The average Bonchev–Trinajstić information content (AvgIpc) is 3.33. The molecule has 0 saturated heterocycles. The molecule has 1 aromatic carbocycles. The number of hydrogen-bond donors (Lipinski definition) is 1. The lowest BCUT2D eigenvalue weighted by Gasteiger charge is -2.08. The maximum Gasteiger partial charge on any atom is 0.342 e. The van der Waals surface area contributed by atoms with Crippen LogP contribution in [0.3, 0.4) is 0 Å². The number of nitrogens with zero attached hydrogens (tertiary/aromatic N) is 2. The predicted octanol–water partition coefficient (Wildman–Crippen LogP) is 2.64. The van der Waals surface area contributed by atoms with E-state index in [2.05, 4.69) is 10.4 Å². The summed E-state index contributed by atoms with van der Waals surface area (Å²) in [5.74, 6) is -0.805. The second kappa shape index (κ2) is 7.27. The van der Waals surface area contributed by atoms with Gasteiger partial charge in [-0.05, 0) is 38.3 Å². The minimum atomic E-state index is -0.536. The summed E-state index contributed by atoms with van der Waals surface area (Å²) in [6.07, 6.45) is 1.99. The Hall–Kier alpha value is -2.34. The van der Waals surface area contributed by atoms with Crippen LogP contribution in [0.1, 0.15) is 40.2 Å². The highest BCUT2D eigenvalue weighted by atomic mass is 35.5. The molecule has 0 radical (unpaired) electrons. The predicted molar refractivity (Wildman–Crippen MR) is 93.7 cm³/mol. The molecule has 7 heteroatoms. The number of benzene rings is 1. The number of esters is 1. The molecule has 1 saturated carbocycles. The molecule has 0 atom stereocenters. The van der Waals surface area contributed by atoms with Crippen LogP contribution >= 0.6 is 11.6 Å². The third-order valence-corrected chi connectivity index (χ3v) is 4.51. The molecule has 1 fully saturated rings. The normalized spacial score (nSPS) is 13.6. The van der Waals surface area contributed by atoms with E-state index in [1.807, 2.05) is 24.3 Å². The molecule has 1 amide bonds. The van der Waals surface area contributed by atoms with E-state index >= 15 is 0 Å². The van der Waals surface area contributed by atoms with Crippen LogP contribution in [-0.4, -0.2) is 34.3 Å². The van der Waals surface area contributed by atoms with Crippen LogP contribution in [0.15, 0.2) is 24.3 Å². The number of hydrogen-bond acceptors (Lipinski definition) is 4. The van der Waals surface area contributed by atoms with Gasteiger partial charge in [-0.15, -0.1) is 0 Å². The Balaban J connectivity index is 1.69. The smallest absolute Gasteiger partial charge is 0.342 e. The fourth-order valence-electron chi connectivity index (χ4n) is 2.63. The fourth-order valence-corrected chi connectivity index (χ4v) is 2.83. The lowest BCUT2D eigenvalue weighted by Crippen LogP contribution is -2.30. The summed E-state index contributed by atoms with van der Waals surface area (Å²) in [5, 5.41) is 7.84. The first-order valence-electron chi connectivity index (χ1n) is 8.19.